The van der Waals surface area contributed by atoms with Crippen LogP contribution in [0.3, 0.4) is 0 Å². The van der Waals surface area contributed by atoms with Gasteiger partial charge >= 0.3 is 0 Å². The van der Waals surface area contributed by atoms with Crippen LogP contribution in [-0.2, 0) is 0 Å². The fourth-order valence-corrected chi connectivity index (χ4v) is 2.99. The van der Waals surface area contributed by atoms with Gasteiger partial charge in [-0.05, 0) is 55.5 Å². The topological polar surface area (TPSA) is 21.3 Å². The summed E-state index contributed by atoms with van der Waals surface area (Å²) < 4.78 is 6.15. The van der Waals surface area contributed by atoms with E-state index >= 15 is 0 Å². The van der Waals surface area contributed by atoms with E-state index in [9.17, 15) is 0 Å². The zero-order chi connectivity index (χ0) is 13.9. The van der Waals surface area contributed by atoms with Crippen LogP contribution in [0.5, 0.6) is 5.75 Å². The summed E-state index contributed by atoms with van der Waals surface area (Å²) in [6.45, 7) is 7.90. The van der Waals surface area contributed by atoms with E-state index in [1.807, 2.05) is 24.3 Å². The van der Waals surface area contributed by atoms with Gasteiger partial charge in [-0.2, -0.15) is 0 Å². The minimum absolute atomic E-state index is 0.253. The smallest absolute Gasteiger partial charge is 0.119 e. The van der Waals surface area contributed by atoms with Gasteiger partial charge in [0.15, 0.2) is 0 Å². The molecule has 1 saturated carbocycles. The van der Waals surface area contributed by atoms with Crippen molar-refractivity contribution < 1.29 is 4.74 Å². The van der Waals surface area contributed by atoms with Crippen molar-refractivity contribution in [2.24, 2.45) is 5.41 Å². The highest BCUT2D eigenvalue weighted by Gasteiger charge is 2.42. The highest BCUT2D eigenvalue weighted by molar-refractivity contribution is 6.30. The van der Waals surface area contributed by atoms with Gasteiger partial charge in [-0.15, -0.1) is 0 Å². The number of benzene rings is 1. The summed E-state index contributed by atoms with van der Waals surface area (Å²) in [5.41, 5.74) is 0.298. The summed E-state index contributed by atoms with van der Waals surface area (Å²) in [7, 11) is 0. The highest BCUT2D eigenvalue weighted by Crippen LogP contribution is 2.39. The minimum atomic E-state index is 0.253. The molecule has 3 heteroatoms. The second kappa shape index (κ2) is 6.15. The van der Waals surface area contributed by atoms with Crippen LogP contribution in [0.4, 0.5) is 0 Å². The average molecular weight is 282 g/mol. The van der Waals surface area contributed by atoms with Crippen molar-refractivity contribution in [2.45, 2.75) is 52.2 Å². The van der Waals surface area contributed by atoms with E-state index in [-0.39, 0.29) is 6.10 Å². The molecule has 1 N–H and O–H groups in total. The molecule has 2 atom stereocenters. The maximum absolute atomic E-state index is 6.15. The summed E-state index contributed by atoms with van der Waals surface area (Å²) in [4.78, 5) is 0. The van der Waals surface area contributed by atoms with Crippen LogP contribution < -0.4 is 10.1 Å². The van der Waals surface area contributed by atoms with Crippen molar-refractivity contribution in [3.8, 4) is 5.75 Å². The summed E-state index contributed by atoms with van der Waals surface area (Å²) in [5.74, 6) is 0.912. The first-order valence-electron chi connectivity index (χ1n) is 7.18. The third kappa shape index (κ3) is 3.64. The van der Waals surface area contributed by atoms with Gasteiger partial charge in [-0.25, -0.2) is 0 Å². The van der Waals surface area contributed by atoms with Gasteiger partial charge in [0.1, 0.15) is 11.9 Å². The molecule has 0 saturated heterocycles. The zero-order valence-electron chi connectivity index (χ0n) is 12.1. The van der Waals surface area contributed by atoms with Crippen LogP contribution in [0.25, 0.3) is 0 Å². The lowest BCUT2D eigenvalue weighted by Gasteiger charge is -2.31. The Morgan fingerprint density at radius 2 is 2.00 bits per heavy atom. The Bertz CT molecular complexity index is 402. The summed E-state index contributed by atoms with van der Waals surface area (Å²) >= 11 is 5.90. The predicted octanol–water partition coefficient (Wildman–Crippen LogP) is 4.28. The Labute approximate surface area is 121 Å². The van der Waals surface area contributed by atoms with E-state index in [1.165, 1.54) is 6.42 Å². The summed E-state index contributed by atoms with van der Waals surface area (Å²) in [5, 5.41) is 4.40. The number of rotatable bonds is 5. The molecule has 1 aliphatic rings. The first-order valence-corrected chi connectivity index (χ1v) is 7.56. The van der Waals surface area contributed by atoms with Crippen LogP contribution in [0, 0.1) is 5.41 Å². The monoisotopic (exact) mass is 281 g/mol. The third-order valence-corrected chi connectivity index (χ3v) is 4.25. The zero-order valence-corrected chi connectivity index (χ0v) is 12.8. The van der Waals surface area contributed by atoms with Crippen molar-refractivity contribution in [3.05, 3.63) is 29.3 Å². The molecule has 0 radical (unpaired) electrons. The maximum Gasteiger partial charge on any atom is 0.119 e. The Morgan fingerprint density at radius 1 is 1.32 bits per heavy atom. The predicted molar refractivity (Wildman–Crippen MR) is 81.0 cm³/mol. The molecule has 1 fully saturated rings. The first-order chi connectivity index (χ1) is 9.03. The molecule has 1 aromatic carbocycles. The van der Waals surface area contributed by atoms with E-state index in [1.54, 1.807) is 0 Å². The molecule has 2 rings (SSSR count). The fraction of sp³-hybridized carbons (Fsp3) is 0.625. The lowest BCUT2D eigenvalue weighted by Crippen LogP contribution is -2.46. The molecule has 1 aliphatic carbocycles. The summed E-state index contributed by atoms with van der Waals surface area (Å²) in [6.07, 6.45) is 3.71. The van der Waals surface area contributed by atoms with Crippen molar-refractivity contribution in [1.82, 2.24) is 5.32 Å². The van der Waals surface area contributed by atoms with Gasteiger partial charge in [0.2, 0.25) is 0 Å². The molecule has 0 aromatic heterocycles. The highest BCUT2D eigenvalue weighted by atomic mass is 35.5. The Hall–Kier alpha value is -0.730. The van der Waals surface area contributed by atoms with Crippen molar-refractivity contribution in [1.29, 1.82) is 0 Å². The molecule has 1 aromatic rings. The van der Waals surface area contributed by atoms with E-state index in [2.05, 4.69) is 26.1 Å². The van der Waals surface area contributed by atoms with E-state index in [0.717, 1.165) is 30.2 Å². The van der Waals surface area contributed by atoms with Gasteiger partial charge in [0.05, 0.1) is 0 Å². The Kier molecular flexibility index (Phi) is 4.75. The van der Waals surface area contributed by atoms with Crippen LogP contribution in [0.2, 0.25) is 5.02 Å². The molecule has 0 heterocycles. The van der Waals surface area contributed by atoms with Gasteiger partial charge < -0.3 is 10.1 Å². The van der Waals surface area contributed by atoms with Gasteiger partial charge in [0.25, 0.3) is 0 Å². The van der Waals surface area contributed by atoms with Crippen LogP contribution in [-0.4, -0.2) is 18.7 Å². The largest absolute Gasteiger partial charge is 0.489 e. The van der Waals surface area contributed by atoms with Gasteiger partial charge in [-0.3, -0.25) is 0 Å². The molecular formula is C16H24ClNO. The number of nitrogens with one attached hydrogen (secondary N) is 1. The fourth-order valence-electron chi connectivity index (χ4n) is 2.86. The van der Waals surface area contributed by atoms with Crippen LogP contribution >= 0.6 is 11.6 Å². The molecule has 0 amide bonds. The number of halogens is 1. The van der Waals surface area contributed by atoms with Crippen molar-refractivity contribution in [3.63, 3.8) is 0 Å². The Balaban J connectivity index is 2.03. The van der Waals surface area contributed by atoms with Crippen LogP contribution in [0.15, 0.2) is 24.3 Å². The number of hydrogen-bond donors (Lipinski definition) is 1. The van der Waals surface area contributed by atoms with Crippen LogP contribution in [0.1, 0.15) is 40.0 Å². The lowest BCUT2D eigenvalue weighted by molar-refractivity contribution is 0.140. The molecule has 19 heavy (non-hydrogen) atoms. The van der Waals surface area contributed by atoms with Crippen molar-refractivity contribution >= 4 is 11.6 Å². The van der Waals surface area contributed by atoms with E-state index in [4.69, 9.17) is 16.3 Å². The number of ether oxygens (including phenoxy) is 1. The second-order valence-corrected chi connectivity index (χ2v) is 6.51. The average Bonchev–Trinajstić information content (AvgIpc) is 2.65. The molecule has 2 unspecified atom stereocenters. The van der Waals surface area contributed by atoms with E-state index < -0.39 is 0 Å². The van der Waals surface area contributed by atoms with Gasteiger partial charge in [-0.1, -0.05) is 32.4 Å². The molecule has 0 aliphatic heterocycles. The SMILES string of the molecule is CCCNC1C(Oc2ccc(Cl)cc2)CCC1(C)C. The first kappa shape index (κ1) is 14.7. The number of hydrogen-bond acceptors (Lipinski definition) is 2. The molecule has 106 valence electrons. The summed E-state index contributed by atoms with van der Waals surface area (Å²) in [6, 6.07) is 8.08. The molecule has 0 bridgehead atoms. The van der Waals surface area contributed by atoms with E-state index in [0.29, 0.717) is 11.5 Å². The second-order valence-electron chi connectivity index (χ2n) is 6.07. The molecular weight excluding hydrogens is 258 g/mol. The Morgan fingerprint density at radius 3 is 2.63 bits per heavy atom. The third-order valence-electron chi connectivity index (χ3n) is 4.00. The normalized spacial score (nSPS) is 25.5. The quantitative estimate of drug-likeness (QED) is 0.870. The lowest BCUT2D eigenvalue weighted by atomic mass is 9.87. The maximum atomic E-state index is 6.15. The van der Waals surface area contributed by atoms with Gasteiger partial charge in [0, 0.05) is 11.1 Å². The molecule has 0 spiro atoms. The van der Waals surface area contributed by atoms with Crippen molar-refractivity contribution in [2.75, 3.05) is 6.54 Å². The standard InChI is InChI=1S/C16H24ClNO/c1-4-11-18-15-14(9-10-16(15,2)3)19-13-7-5-12(17)6-8-13/h5-8,14-15,18H,4,9-11H2,1-3H3. The minimum Gasteiger partial charge on any atom is -0.489 e. The molecule has 2 nitrogen and oxygen atoms in total.